The first kappa shape index (κ1) is 23.9. The van der Waals surface area contributed by atoms with E-state index in [9.17, 15) is 5.11 Å². The van der Waals surface area contributed by atoms with Crippen molar-refractivity contribution >= 4 is 35.6 Å². The van der Waals surface area contributed by atoms with E-state index in [1.165, 1.54) is 5.56 Å². The third-order valence-electron chi connectivity index (χ3n) is 5.68. The second kappa shape index (κ2) is 10.7. The standard InChI is InChI=1S/C24H30N6O.HI/c1-18-16-19(2)30(27-18)21-9-5-4-8-20(21)17-26-24(25-3)29-14-12-28(13-15-29)22-10-6-7-11-23(22)31;/h4-11,16,31H,12-15,17H2,1-3H3,(H,25,26);1H. The molecule has 32 heavy (non-hydrogen) atoms. The Bertz CT molecular complexity index is 1070. The van der Waals surface area contributed by atoms with Crippen LogP contribution in [0.3, 0.4) is 0 Å². The van der Waals surface area contributed by atoms with Gasteiger partial charge in [-0.3, -0.25) is 4.99 Å². The van der Waals surface area contributed by atoms with Crippen LogP contribution in [0.4, 0.5) is 5.69 Å². The molecule has 0 atom stereocenters. The first-order valence-corrected chi connectivity index (χ1v) is 10.7. The van der Waals surface area contributed by atoms with Gasteiger partial charge in [0.25, 0.3) is 0 Å². The fourth-order valence-electron chi connectivity index (χ4n) is 4.14. The van der Waals surface area contributed by atoms with Crippen molar-refractivity contribution in [1.82, 2.24) is 20.0 Å². The molecule has 7 nitrogen and oxygen atoms in total. The van der Waals surface area contributed by atoms with Crippen LogP contribution < -0.4 is 10.2 Å². The molecule has 2 aromatic carbocycles. The minimum atomic E-state index is 0. The zero-order valence-electron chi connectivity index (χ0n) is 18.8. The third kappa shape index (κ3) is 5.17. The number of nitrogens with one attached hydrogen (secondary N) is 1. The molecule has 1 fully saturated rings. The topological polar surface area (TPSA) is 68.9 Å². The number of guanidine groups is 1. The maximum atomic E-state index is 10.1. The molecule has 1 aromatic heterocycles. The van der Waals surface area contributed by atoms with Crippen LogP contribution in [0.2, 0.25) is 0 Å². The van der Waals surface area contributed by atoms with Gasteiger partial charge in [-0.25, -0.2) is 4.68 Å². The number of nitrogens with zero attached hydrogens (tertiary/aromatic N) is 5. The summed E-state index contributed by atoms with van der Waals surface area (Å²) < 4.78 is 2.00. The van der Waals surface area contributed by atoms with Gasteiger partial charge in [0.1, 0.15) is 5.75 Å². The van der Waals surface area contributed by atoms with Gasteiger partial charge in [-0.2, -0.15) is 5.10 Å². The average molecular weight is 546 g/mol. The number of halogens is 1. The molecule has 0 aliphatic carbocycles. The normalized spacial score (nSPS) is 14.3. The quantitative estimate of drug-likeness (QED) is 0.297. The van der Waals surface area contributed by atoms with Crippen LogP contribution in [0, 0.1) is 13.8 Å². The van der Waals surface area contributed by atoms with Crippen LogP contribution >= 0.6 is 24.0 Å². The summed E-state index contributed by atoms with van der Waals surface area (Å²) in [6.07, 6.45) is 0. The summed E-state index contributed by atoms with van der Waals surface area (Å²) in [6.45, 7) is 8.11. The third-order valence-corrected chi connectivity index (χ3v) is 5.68. The molecule has 8 heteroatoms. The minimum Gasteiger partial charge on any atom is -0.506 e. The van der Waals surface area contributed by atoms with Crippen molar-refractivity contribution in [2.24, 2.45) is 4.99 Å². The molecule has 0 bridgehead atoms. The Morgan fingerprint density at radius 2 is 1.66 bits per heavy atom. The lowest BCUT2D eigenvalue weighted by Crippen LogP contribution is -2.52. The van der Waals surface area contributed by atoms with Gasteiger partial charge < -0.3 is 20.2 Å². The summed E-state index contributed by atoms with van der Waals surface area (Å²) in [6, 6.07) is 17.9. The van der Waals surface area contributed by atoms with E-state index < -0.39 is 0 Å². The fourth-order valence-corrected chi connectivity index (χ4v) is 4.14. The number of hydrogen-bond acceptors (Lipinski definition) is 4. The van der Waals surface area contributed by atoms with Crippen LogP contribution in [-0.4, -0.2) is 59.0 Å². The number of para-hydroxylation sites is 3. The smallest absolute Gasteiger partial charge is 0.194 e. The van der Waals surface area contributed by atoms with Gasteiger partial charge in [-0.05, 0) is 43.7 Å². The van der Waals surface area contributed by atoms with E-state index in [1.807, 2.05) is 42.9 Å². The Labute approximate surface area is 206 Å². The van der Waals surface area contributed by atoms with Crippen LogP contribution in [0.1, 0.15) is 17.0 Å². The maximum Gasteiger partial charge on any atom is 0.194 e. The molecule has 170 valence electrons. The fraction of sp³-hybridized carbons (Fsp3) is 0.333. The highest BCUT2D eigenvalue weighted by atomic mass is 127. The number of aromatic nitrogens is 2. The van der Waals surface area contributed by atoms with E-state index in [4.69, 9.17) is 0 Å². The maximum absolute atomic E-state index is 10.1. The molecule has 4 rings (SSSR count). The Morgan fingerprint density at radius 1 is 1.00 bits per heavy atom. The Balaban J connectivity index is 0.00000289. The minimum absolute atomic E-state index is 0. The van der Waals surface area contributed by atoms with Crippen molar-refractivity contribution < 1.29 is 5.11 Å². The van der Waals surface area contributed by atoms with Crippen LogP contribution in [0.15, 0.2) is 59.6 Å². The number of anilines is 1. The van der Waals surface area contributed by atoms with Gasteiger partial charge in [0.2, 0.25) is 0 Å². The molecule has 0 amide bonds. The Morgan fingerprint density at radius 3 is 2.28 bits per heavy atom. The summed E-state index contributed by atoms with van der Waals surface area (Å²) in [5, 5.41) is 18.3. The number of piperazine rings is 1. The van der Waals surface area contributed by atoms with E-state index in [-0.39, 0.29) is 24.0 Å². The summed E-state index contributed by atoms with van der Waals surface area (Å²) in [5.41, 5.74) is 5.28. The van der Waals surface area contributed by atoms with Crippen molar-refractivity contribution in [3.05, 3.63) is 71.5 Å². The zero-order chi connectivity index (χ0) is 21.8. The SMILES string of the molecule is CN=C(NCc1ccccc1-n1nc(C)cc1C)N1CCN(c2ccccc2O)CC1.I. The van der Waals surface area contributed by atoms with Crippen molar-refractivity contribution in [3.8, 4) is 11.4 Å². The second-order valence-corrected chi connectivity index (χ2v) is 7.83. The number of phenolic OH excluding ortho intramolecular Hbond substituents is 1. The first-order valence-electron chi connectivity index (χ1n) is 10.7. The van der Waals surface area contributed by atoms with E-state index in [0.717, 1.165) is 54.9 Å². The number of aryl methyl sites for hydroxylation is 2. The van der Waals surface area contributed by atoms with Gasteiger partial charge in [0.05, 0.1) is 17.1 Å². The molecular formula is C24H31IN6O. The lowest BCUT2D eigenvalue weighted by Gasteiger charge is -2.37. The Kier molecular flexibility index (Phi) is 8.00. The van der Waals surface area contributed by atoms with E-state index in [0.29, 0.717) is 12.3 Å². The highest BCUT2D eigenvalue weighted by Gasteiger charge is 2.21. The first-order chi connectivity index (χ1) is 15.1. The van der Waals surface area contributed by atoms with Crippen molar-refractivity contribution in [1.29, 1.82) is 0 Å². The lowest BCUT2D eigenvalue weighted by molar-refractivity contribution is 0.369. The molecule has 2 N–H and O–H groups in total. The van der Waals surface area contributed by atoms with Crippen LogP contribution in [0.5, 0.6) is 5.75 Å². The number of benzene rings is 2. The highest BCUT2D eigenvalue weighted by Crippen LogP contribution is 2.27. The summed E-state index contributed by atoms with van der Waals surface area (Å²) in [5.74, 6) is 1.22. The molecule has 3 aromatic rings. The summed E-state index contributed by atoms with van der Waals surface area (Å²) >= 11 is 0. The van der Waals surface area contributed by atoms with Crippen molar-refractivity contribution in [2.75, 3.05) is 38.1 Å². The Hall–Kier alpha value is -2.75. The molecule has 1 saturated heterocycles. The number of rotatable bonds is 4. The highest BCUT2D eigenvalue weighted by molar-refractivity contribution is 14.0. The predicted octanol–water partition coefficient (Wildman–Crippen LogP) is 3.71. The predicted molar refractivity (Wildman–Crippen MR) is 141 cm³/mol. The zero-order valence-corrected chi connectivity index (χ0v) is 21.2. The van der Waals surface area contributed by atoms with Crippen molar-refractivity contribution in [3.63, 3.8) is 0 Å². The monoisotopic (exact) mass is 546 g/mol. The van der Waals surface area contributed by atoms with Gasteiger partial charge in [0, 0.05) is 45.5 Å². The number of aliphatic imine (C=N–C) groups is 1. The average Bonchev–Trinajstić information content (AvgIpc) is 3.13. The van der Waals surface area contributed by atoms with E-state index >= 15 is 0 Å². The largest absolute Gasteiger partial charge is 0.506 e. The molecule has 0 saturated carbocycles. The van der Waals surface area contributed by atoms with Gasteiger partial charge in [-0.1, -0.05) is 30.3 Å². The molecule has 2 heterocycles. The van der Waals surface area contributed by atoms with E-state index in [2.05, 4.69) is 56.4 Å². The molecule has 1 aliphatic heterocycles. The summed E-state index contributed by atoms with van der Waals surface area (Å²) in [4.78, 5) is 8.99. The number of hydrogen-bond donors (Lipinski definition) is 2. The van der Waals surface area contributed by atoms with Crippen LogP contribution in [0.25, 0.3) is 5.69 Å². The molecule has 0 radical (unpaired) electrons. The van der Waals surface area contributed by atoms with Crippen molar-refractivity contribution in [2.45, 2.75) is 20.4 Å². The molecule has 1 aliphatic rings. The second-order valence-electron chi connectivity index (χ2n) is 7.83. The molecular weight excluding hydrogens is 515 g/mol. The van der Waals surface area contributed by atoms with Crippen LogP contribution in [-0.2, 0) is 6.54 Å². The number of phenols is 1. The van der Waals surface area contributed by atoms with E-state index in [1.54, 1.807) is 6.07 Å². The molecule has 0 spiro atoms. The summed E-state index contributed by atoms with van der Waals surface area (Å²) in [7, 11) is 1.82. The lowest BCUT2D eigenvalue weighted by atomic mass is 10.1. The van der Waals surface area contributed by atoms with Gasteiger partial charge >= 0.3 is 0 Å². The van der Waals surface area contributed by atoms with Gasteiger partial charge in [0.15, 0.2) is 5.96 Å². The van der Waals surface area contributed by atoms with Gasteiger partial charge in [-0.15, -0.1) is 24.0 Å². The molecule has 0 unspecified atom stereocenters. The number of aromatic hydroxyl groups is 1.